The van der Waals surface area contributed by atoms with Gasteiger partial charge in [-0.25, -0.2) is 0 Å². The molecule has 0 amide bonds. The van der Waals surface area contributed by atoms with Crippen molar-refractivity contribution in [2.45, 2.75) is 24.7 Å². The van der Waals surface area contributed by atoms with E-state index in [4.69, 9.17) is 0 Å². The first kappa shape index (κ1) is 6.14. The van der Waals surface area contributed by atoms with Crippen molar-refractivity contribution in [1.29, 1.82) is 0 Å². The van der Waals surface area contributed by atoms with Gasteiger partial charge in [0, 0.05) is 11.7 Å². The molecule has 1 nitrogen and oxygen atoms in total. The summed E-state index contributed by atoms with van der Waals surface area (Å²) in [5.74, 6) is 0. The first-order valence-electron chi connectivity index (χ1n) is 2.79. The van der Waals surface area contributed by atoms with Gasteiger partial charge in [0.05, 0.1) is 4.83 Å². The fraction of sp³-hybridized carbons (Fsp3) is 0.667. The van der Waals surface area contributed by atoms with Crippen LogP contribution in [0, 0.1) is 0 Å². The molecule has 0 aliphatic carbocycles. The van der Waals surface area contributed by atoms with Crippen molar-refractivity contribution < 1.29 is 0 Å². The van der Waals surface area contributed by atoms with Gasteiger partial charge >= 0.3 is 0 Å². The molecular formula is C6H10BrN. The molecule has 1 N–H and O–H groups in total. The lowest BCUT2D eigenvalue weighted by molar-refractivity contribution is 0.685. The highest BCUT2D eigenvalue weighted by atomic mass is 79.9. The van der Waals surface area contributed by atoms with Crippen LogP contribution in [0.15, 0.2) is 11.8 Å². The zero-order valence-electron chi connectivity index (χ0n) is 5.11. The van der Waals surface area contributed by atoms with E-state index in [1.54, 1.807) is 0 Å². The Balaban J connectivity index is 2.56. The van der Waals surface area contributed by atoms with Gasteiger partial charge in [-0.2, -0.15) is 0 Å². The third-order valence-corrected chi connectivity index (χ3v) is 2.40. The summed E-state index contributed by atoms with van der Waals surface area (Å²) in [6.07, 6.45) is 2.19. The predicted octanol–water partition coefficient (Wildman–Crippen LogP) is 1.65. The van der Waals surface area contributed by atoms with Crippen LogP contribution in [0.1, 0.15) is 13.8 Å². The molecule has 0 fully saturated rings. The van der Waals surface area contributed by atoms with E-state index in [1.165, 1.54) is 5.70 Å². The smallest absolute Gasteiger partial charge is 0.0543 e. The van der Waals surface area contributed by atoms with Gasteiger partial charge in [-0.05, 0) is 13.8 Å². The van der Waals surface area contributed by atoms with Crippen LogP contribution in [0.4, 0.5) is 0 Å². The van der Waals surface area contributed by atoms with Crippen molar-refractivity contribution in [2.24, 2.45) is 0 Å². The normalized spacial score (nSPS) is 36.6. The molecule has 1 rings (SSSR count). The SMILES string of the molecule is CC1=C[C@@H](Br)[C@@H](C)N1. The summed E-state index contributed by atoms with van der Waals surface area (Å²) in [5, 5.41) is 3.28. The highest BCUT2D eigenvalue weighted by molar-refractivity contribution is 9.09. The largest absolute Gasteiger partial charge is 0.385 e. The topological polar surface area (TPSA) is 12.0 Å². The number of alkyl halides is 1. The fourth-order valence-corrected chi connectivity index (χ4v) is 1.40. The lowest BCUT2D eigenvalue weighted by Crippen LogP contribution is -2.23. The second-order valence-electron chi connectivity index (χ2n) is 2.23. The molecule has 0 radical (unpaired) electrons. The van der Waals surface area contributed by atoms with Crippen LogP contribution in [0.2, 0.25) is 0 Å². The summed E-state index contributed by atoms with van der Waals surface area (Å²) in [7, 11) is 0. The Morgan fingerprint density at radius 3 is 2.50 bits per heavy atom. The van der Waals surface area contributed by atoms with Gasteiger partial charge in [-0.3, -0.25) is 0 Å². The van der Waals surface area contributed by atoms with Crippen LogP contribution in [0.25, 0.3) is 0 Å². The van der Waals surface area contributed by atoms with Crippen LogP contribution in [0.3, 0.4) is 0 Å². The minimum absolute atomic E-state index is 0.530. The summed E-state index contributed by atoms with van der Waals surface area (Å²) in [6, 6.07) is 0.565. The van der Waals surface area contributed by atoms with E-state index in [2.05, 4.69) is 41.2 Å². The second kappa shape index (κ2) is 2.09. The molecule has 2 heteroatoms. The predicted molar refractivity (Wildman–Crippen MR) is 39.1 cm³/mol. The zero-order valence-corrected chi connectivity index (χ0v) is 6.70. The van der Waals surface area contributed by atoms with Gasteiger partial charge in [-0.15, -0.1) is 0 Å². The van der Waals surface area contributed by atoms with Crippen LogP contribution in [-0.4, -0.2) is 10.9 Å². The minimum atomic E-state index is 0.530. The number of hydrogen-bond donors (Lipinski definition) is 1. The van der Waals surface area contributed by atoms with Crippen LogP contribution >= 0.6 is 15.9 Å². The van der Waals surface area contributed by atoms with Crippen molar-refractivity contribution in [1.82, 2.24) is 5.32 Å². The van der Waals surface area contributed by atoms with Gasteiger partial charge < -0.3 is 5.32 Å². The fourth-order valence-electron chi connectivity index (χ4n) is 0.870. The average Bonchev–Trinajstić information content (AvgIpc) is 1.85. The Labute approximate surface area is 58.3 Å². The first-order valence-corrected chi connectivity index (χ1v) is 3.71. The summed E-state index contributed by atoms with van der Waals surface area (Å²) in [6.45, 7) is 4.24. The zero-order chi connectivity index (χ0) is 6.15. The van der Waals surface area contributed by atoms with Crippen molar-refractivity contribution in [3.8, 4) is 0 Å². The molecule has 1 aliphatic heterocycles. The molecule has 2 atom stereocenters. The van der Waals surface area contributed by atoms with E-state index in [-0.39, 0.29) is 0 Å². The molecule has 0 saturated heterocycles. The standard InChI is InChI=1S/C6H10BrN/c1-4-3-6(7)5(2)8-4/h3,5-6,8H,1-2H3/t5-,6-/m1/s1. The maximum atomic E-state index is 3.51. The average molecular weight is 176 g/mol. The van der Waals surface area contributed by atoms with E-state index in [0.29, 0.717) is 10.9 Å². The van der Waals surface area contributed by atoms with Crippen LogP contribution < -0.4 is 5.32 Å². The Kier molecular flexibility index (Phi) is 1.61. The molecule has 8 heavy (non-hydrogen) atoms. The van der Waals surface area contributed by atoms with E-state index < -0.39 is 0 Å². The molecule has 0 aromatic rings. The minimum Gasteiger partial charge on any atom is -0.385 e. The number of allylic oxidation sites excluding steroid dienone is 1. The monoisotopic (exact) mass is 175 g/mol. The Morgan fingerprint density at radius 2 is 2.38 bits per heavy atom. The molecule has 0 bridgehead atoms. The molecular weight excluding hydrogens is 166 g/mol. The lowest BCUT2D eigenvalue weighted by Gasteiger charge is -2.07. The van der Waals surface area contributed by atoms with Crippen LogP contribution in [-0.2, 0) is 0 Å². The van der Waals surface area contributed by atoms with Gasteiger partial charge in [0.15, 0.2) is 0 Å². The molecule has 0 unspecified atom stereocenters. The van der Waals surface area contributed by atoms with Crippen LogP contribution in [0.5, 0.6) is 0 Å². The number of rotatable bonds is 0. The van der Waals surface area contributed by atoms with E-state index >= 15 is 0 Å². The maximum Gasteiger partial charge on any atom is 0.0543 e. The summed E-state index contributed by atoms with van der Waals surface area (Å²) in [4.78, 5) is 0.530. The highest BCUT2D eigenvalue weighted by Crippen LogP contribution is 2.15. The maximum absolute atomic E-state index is 3.51. The third-order valence-electron chi connectivity index (χ3n) is 1.34. The summed E-state index contributed by atoms with van der Waals surface area (Å²) < 4.78 is 0. The number of halogens is 1. The number of hydrogen-bond acceptors (Lipinski definition) is 1. The van der Waals surface area contributed by atoms with E-state index in [9.17, 15) is 0 Å². The Morgan fingerprint density at radius 1 is 1.75 bits per heavy atom. The van der Waals surface area contributed by atoms with Gasteiger partial charge in [0.1, 0.15) is 0 Å². The highest BCUT2D eigenvalue weighted by Gasteiger charge is 2.16. The molecule has 1 aliphatic rings. The van der Waals surface area contributed by atoms with E-state index in [0.717, 1.165) is 0 Å². The third kappa shape index (κ3) is 1.05. The lowest BCUT2D eigenvalue weighted by atomic mass is 10.3. The van der Waals surface area contributed by atoms with Gasteiger partial charge in [0.2, 0.25) is 0 Å². The molecule has 46 valence electrons. The Hall–Kier alpha value is 0.0200. The molecule has 0 saturated carbocycles. The van der Waals surface area contributed by atoms with Gasteiger partial charge in [-0.1, -0.05) is 22.0 Å². The quantitative estimate of drug-likeness (QED) is 0.553. The molecule has 0 aromatic carbocycles. The molecule has 0 aromatic heterocycles. The Bertz CT molecular complexity index is 120. The molecule has 1 heterocycles. The first-order chi connectivity index (χ1) is 3.70. The second-order valence-corrected chi connectivity index (χ2v) is 3.28. The van der Waals surface area contributed by atoms with Crippen molar-refractivity contribution in [3.63, 3.8) is 0 Å². The van der Waals surface area contributed by atoms with Gasteiger partial charge in [0.25, 0.3) is 0 Å². The number of nitrogens with one attached hydrogen (secondary N) is 1. The van der Waals surface area contributed by atoms with E-state index in [1.807, 2.05) is 0 Å². The van der Waals surface area contributed by atoms with Crippen molar-refractivity contribution in [2.75, 3.05) is 0 Å². The summed E-state index contributed by atoms with van der Waals surface area (Å²) in [5.41, 5.74) is 1.28. The summed E-state index contributed by atoms with van der Waals surface area (Å²) >= 11 is 3.51. The van der Waals surface area contributed by atoms with Crippen molar-refractivity contribution >= 4 is 15.9 Å². The molecule has 0 spiro atoms. The van der Waals surface area contributed by atoms with Crippen molar-refractivity contribution in [3.05, 3.63) is 11.8 Å².